The number of rotatable bonds is 4. The van der Waals surface area contributed by atoms with Crippen LogP contribution in [0.15, 0.2) is 18.3 Å². The van der Waals surface area contributed by atoms with E-state index in [1.807, 2.05) is 6.20 Å². The lowest BCUT2D eigenvalue weighted by Gasteiger charge is -2.57. The Kier molecular flexibility index (Phi) is 4.21. The van der Waals surface area contributed by atoms with Gasteiger partial charge < -0.3 is 15.0 Å². The van der Waals surface area contributed by atoms with Gasteiger partial charge in [0.2, 0.25) is 0 Å². The summed E-state index contributed by atoms with van der Waals surface area (Å²) in [5.41, 5.74) is 1.81. The van der Waals surface area contributed by atoms with Crippen molar-refractivity contribution in [2.24, 2.45) is 11.3 Å². The zero-order chi connectivity index (χ0) is 16.7. The molecule has 25 heavy (non-hydrogen) atoms. The second kappa shape index (κ2) is 6.55. The molecule has 2 saturated heterocycles. The maximum absolute atomic E-state index is 6.13. The third-order valence-electron chi connectivity index (χ3n) is 7.32. The van der Waals surface area contributed by atoms with E-state index < -0.39 is 0 Å². The van der Waals surface area contributed by atoms with Gasteiger partial charge in [-0.3, -0.25) is 0 Å². The SMILES string of the molecule is c1cnc(N2CCCCC2)c(CN[C@@H]2[C@@H]3CCO[C@@H]3C23CCCC3)c1. The van der Waals surface area contributed by atoms with Crippen LogP contribution in [0, 0.1) is 11.3 Å². The van der Waals surface area contributed by atoms with Gasteiger partial charge in [0.15, 0.2) is 0 Å². The number of nitrogens with one attached hydrogen (secondary N) is 1. The highest BCUT2D eigenvalue weighted by atomic mass is 16.5. The zero-order valence-electron chi connectivity index (χ0n) is 15.3. The summed E-state index contributed by atoms with van der Waals surface area (Å²) in [6.45, 7) is 4.25. The zero-order valence-corrected chi connectivity index (χ0v) is 15.3. The first kappa shape index (κ1) is 16.1. The summed E-state index contributed by atoms with van der Waals surface area (Å²) in [6.07, 6.45) is 13.2. The van der Waals surface area contributed by atoms with Gasteiger partial charge in [0.05, 0.1) is 6.10 Å². The van der Waals surface area contributed by atoms with Crippen LogP contribution in [-0.4, -0.2) is 36.8 Å². The third-order valence-corrected chi connectivity index (χ3v) is 7.32. The predicted molar refractivity (Wildman–Crippen MR) is 99.7 cm³/mol. The number of nitrogens with zero attached hydrogens (tertiary/aromatic N) is 2. The van der Waals surface area contributed by atoms with Crippen molar-refractivity contribution in [2.45, 2.75) is 70.1 Å². The summed E-state index contributed by atoms with van der Waals surface area (Å²) in [5.74, 6) is 1.96. The molecule has 4 heteroatoms. The lowest BCUT2D eigenvalue weighted by Crippen LogP contribution is -2.67. The van der Waals surface area contributed by atoms with Crippen LogP contribution < -0.4 is 10.2 Å². The Hall–Kier alpha value is -1.13. The first-order valence-electron chi connectivity index (χ1n) is 10.4. The van der Waals surface area contributed by atoms with Crippen molar-refractivity contribution in [2.75, 3.05) is 24.6 Å². The standard InChI is InChI=1S/C21H31N3O/c1-4-12-24(13-5-1)20-16(7-6-11-22-20)15-23-18-17-8-14-25-19(17)21(18)9-2-3-10-21/h6-7,11,17-19,23H,1-5,8-10,12-15H2/t17-,18+,19-/m0/s1. The molecule has 3 atom stereocenters. The molecule has 3 heterocycles. The molecule has 0 unspecified atom stereocenters. The number of hydrogen-bond acceptors (Lipinski definition) is 4. The quantitative estimate of drug-likeness (QED) is 0.909. The maximum Gasteiger partial charge on any atom is 0.133 e. The van der Waals surface area contributed by atoms with Crippen molar-refractivity contribution < 1.29 is 4.74 Å². The Morgan fingerprint density at radius 2 is 2.00 bits per heavy atom. The van der Waals surface area contributed by atoms with E-state index in [2.05, 4.69) is 22.3 Å². The molecular weight excluding hydrogens is 310 g/mol. The largest absolute Gasteiger partial charge is 0.377 e. The topological polar surface area (TPSA) is 37.4 Å². The smallest absolute Gasteiger partial charge is 0.133 e. The Morgan fingerprint density at radius 3 is 2.84 bits per heavy atom. The fourth-order valence-corrected chi connectivity index (χ4v) is 6.19. The van der Waals surface area contributed by atoms with Crippen molar-refractivity contribution in [3.8, 4) is 0 Å². The average molecular weight is 341 g/mol. The summed E-state index contributed by atoms with van der Waals surface area (Å²) in [6, 6.07) is 5.02. The maximum atomic E-state index is 6.13. The first-order valence-corrected chi connectivity index (χ1v) is 10.4. The van der Waals surface area contributed by atoms with Gasteiger partial charge in [-0.05, 0) is 44.6 Å². The van der Waals surface area contributed by atoms with Gasteiger partial charge in [0, 0.05) is 55.4 Å². The first-order chi connectivity index (χ1) is 12.4. The molecule has 1 aromatic heterocycles. The molecule has 0 bridgehead atoms. The van der Waals surface area contributed by atoms with Crippen molar-refractivity contribution in [3.05, 3.63) is 23.9 Å². The summed E-state index contributed by atoms with van der Waals surface area (Å²) in [7, 11) is 0. The molecule has 0 aromatic carbocycles. The normalized spacial score (nSPS) is 33.4. The van der Waals surface area contributed by atoms with Crippen LogP contribution in [-0.2, 0) is 11.3 Å². The van der Waals surface area contributed by atoms with Gasteiger partial charge in [0.1, 0.15) is 5.82 Å². The number of ether oxygens (including phenoxy) is 1. The van der Waals surface area contributed by atoms with Gasteiger partial charge >= 0.3 is 0 Å². The molecule has 4 nitrogen and oxygen atoms in total. The molecule has 2 saturated carbocycles. The number of piperidine rings is 1. The number of pyridine rings is 1. The van der Waals surface area contributed by atoms with Gasteiger partial charge in [0.25, 0.3) is 0 Å². The second-order valence-electron chi connectivity index (χ2n) is 8.58. The Morgan fingerprint density at radius 1 is 1.16 bits per heavy atom. The Balaban J connectivity index is 1.31. The van der Waals surface area contributed by atoms with Crippen LogP contribution in [0.3, 0.4) is 0 Å². The van der Waals surface area contributed by atoms with E-state index in [0.717, 1.165) is 32.2 Å². The number of anilines is 1. The fraction of sp³-hybridized carbons (Fsp3) is 0.762. The molecule has 2 aliphatic carbocycles. The molecule has 1 N–H and O–H groups in total. The summed E-state index contributed by atoms with van der Waals surface area (Å²) < 4.78 is 6.13. The molecule has 4 fully saturated rings. The third kappa shape index (κ3) is 2.60. The van der Waals surface area contributed by atoms with E-state index >= 15 is 0 Å². The molecule has 0 radical (unpaired) electrons. The monoisotopic (exact) mass is 341 g/mol. The molecular formula is C21H31N3O. The van der Waals surface area contributed by atoms with E-state index in [1.54, 1.807) is 0 Å². The van der Waals surface area contributed by atoms with E-state index in [-0.39, 0.29) is 0 Å². The van der Waals surface area contributed by atoms with Gasteiger partial charge in [-0.25, -0.2) is 4.98 Å². The lowest BCUT2D eigenvalue weighted by atomic mass is 9.54. The Bertz CT molecular complexity index is 607. The van der Waals surface area contributed by atoms with E-state index in [9.17, 15) is 0 Å². The van der Waals surface area contributed by atoms with Gasteiger partial charge in [-0.2, -0.15) is 0 Å². The number of fused-ring (bicyclic) bond motifs is 2. The summed E-state index contributed by atoms with van der Waals surface area (Å²) in [5, 5.41) is 3.97. The van der Waals surface area contributed by atoms with Gasteiger partial charge in [-0.1, -0.05) is 18.9 Å². The van der Waals surface area contributed by atoms with Crippen LogP contribution in [0.5, 0.6) is 0 Å². The van der Waals surface area contributed by atoms with E-state index in [0.29, 0.717) is 17.6 Å². The van der Waals surface area contributed by atoms with Crippen LogP contribution in [0.25, 0.3) is 0 Å². The minimum atomic E-state index is 0.439. The van der Waals surface area contributed by atoms with Crippen molar-refractivity contribution in [1.29, 1.82) is 0 Å². The highest BCUT2D eigenvalue weighted by Crippen LogP contribution is 2.60. The minimum Gasteiger partial charge on any atom is -0.377 e. The number of hydrogen-bond donors (Lipinski definition) is 1. The lowest BCUT2D eigenvalue weighted by molar-refractivity contribution is -0.130. The fourth-order valence-electron chi connectivity index (χ4n) is 6.19. The highest BCUT2D eigenvalue weighted by molar-refractivity contribution is 5.47. The highest BCUT2D eigenvalue weighted by Gasteiger charge is 2.64. The average Bonchev–Trinajstić information content (AvgIpc) is 3.32. The molecule has 1 spiro atoms. The van der Waals surface area contributed by atoms with Crippen LogP contribution >= 0.6 is 0 Å². The second-order valence-corrected chi connectivity index (χ2v) is 8.58. The van der Waals surface area contributed by atoms with Crippen LogP contribution in [0.1, 0.15) is 56.9 Å². The molecule has 2 aliphatic heterocycles. The molecule has 1 aromatic rings. The number of aromatic nitrogens is 1. The van der Waals surface area contributed by atoms with Gasteiger partial charge in [-0.15, -0.1) is 0 Å². The summed E-state index contributed by atoms with van der Waals surface area (Å²) >= 11 is 0. The van der Waals surface area contributed by atoms with Crippen LogP contribution in [0.2, 0.25) is 0 Å². The minimum absolute atomic E-state index is 0.439. The Labute approximate surface area is 151 Å². The molecule has 0 amide bonds. The van der Waals surface area contributed by atoms with E-state index in [4.69, 9.17) is 9.72 Å². The van der Waals surface area contributed by atoms with Crippen molar-refractivity contribution >= 4 is 5.82 Å². The summed E-state index contributed by atoms with van der Waals surface area (Å²) in [4.78, 5) is 7.24. The van der Waals surface area contributed by atoms with Crippen LogP contribution in [0.4, 0.5) is 5.82 Å². The molecule has 5 rings (SSSR count). The molecule has 4 aliphatic rings. The molecule has 136 valence electrons. The van der Waals surface area contributed by atoms with Crippen molar-refractivity contribution in [1.82, 2.24) is 10.3 Å². The van der Waals surface area contributed by atoms with Crippen molar-refractivity contribution in [3.63, 3.8) is 0 Å². The van der Waals surface area contributed by atoms with E-state index in [1.165, 1.54) is 62.7 Å². The predicted octanol–water partition coefficient (Wildman–Crippen LogP) is 3.51.